The van der Waals surface area contributed by atoms with E-state index in [-0.39, 0.29) is 24.9 Å². The first-order valence-corrected chi connectivity index (χ1v) is 16.9. The number of rotatable bonds is 12. The third-order valence-electron chi connectivity index (χ3n) is 5.74. The number of para-hydroxylation sites is 1. The largest absolute Gasteiger partial charge is 0.494 e. The van der Waals surface area contributed by atoms with Crippen LogP contribution < -0.4 is 13.8 Å². The van der Waals surface area contributed by atoms with Gasteiger partial charge < -0.3 is 13.9 Å². The molecule has 1 atom stereocenters. The molecule has 3 rings (SSSR count). The summed E-state index contributed by atoms with van der Waals surface area (Å²) in [5, 5.41) is 11.2. The lowest BCUT2D eigenvalue weighted by Crippen LogP contribution is -2.43. The van der Waals surface area contributed by atoms with Gasteiger partial charge >= 0.3 is 0 Å². The van der Waals surface area contributed by atoms with Gasteiger partial charge in [-0.1, -0.05) is 30.8 Å². The van der Waals surface area contributed by atoms with E-state index in [4.69, 9.17) is 19.4 Å². The molecule has 0 aliphatic heterocycles. The van der Waals surface area contributed by atoms with Crippen molar-refractivity contribution >= 4 is 24.0 Å². The molecule has 200 valence electrons. The van der Waals surface area contributed by atoms with Gasteiger partial charge in [0.1, 0.15) is 22.9 Å². The number of sulfonamides is 1. The number of ether oxygens (including phenoxy) is 2. The van der Waals surface area contributed by atoms with Crippen molar-refractivity contribution in [2.75, 3.05) is 31.6 Å². The molecule has 2 aromatic heterocycles. The highest BCUT2D eigenvalue weighted by molar-refractivity contribution is 7.93. The first-order chi connectivity index (χ1) is 17.4. The molecule has 0 amide bonds. The van der Waals surface area contributed by atoms with Crippen LogP contribution in [0, 0.1) is 6.92 Å². The summed E-state index contributed by atoms with van der Waals surface area (Å²) in [6, 6.07) is 9.44. The Kier molecular flexibility index (Phi) is 8.56. The average Bonchev–Trinajstić information content (AvgIpc) is 3.47. The first-order valence-electron chi connectivity index (χ1n) is 11.7. The first kappa shape index (κ1) is 28.1. The molecule has 0 N–H and O–H groups in total. The summed E-state index contributed by atoms with van der Waals surface area (Å²) in [5.41, 5.74) is 9.20. The van der Waals surface area contributed by atoms with E-state index in [0.717, 1.165) is 0 Å². The van der Waals surface area contributed by atoms with E-state index in [1.165, 1.54) is 25.4 Å². The van der Waals surface area contributed by atoms with E-state index < -0.39 is 23.3 Å². The molecule has 0 unspecified atom stereocenters. The van der Waals surface area contributed by atoms with E-state index in [0.29, 0.717) is 34.8 Å². The molecule has 0 radical (unpaired) electrons. The molecule has 0 fully saturated rings. The summed E-state index contributed by atoms with van der Waals surface area (Å²) in [6.07, 6.45) is 0. The fourth-order valence-electron chi connectivity index (χ4n) is 3.65. The number of aryl methyl sites for hydroxylation is 1. The molecule has 0 spiro atoms. The summed E-state index contributed by atoms with van der Waals surface area (Å²) < 4.78 is 47.7. The minimum atomic E-state index is -4.03. The molecular formula is C23H33N7O5SSi. The fraction of sp³-hybridized carbons (Fsp3) is 0.478. The van der Waals surface area contributed by atoms with Gasteiger partial charge in [-0.05, 0) is 49.7 Å². The smallest absolute Gasteiger partial charge is 0.246 e. The topological polar surface area (TPSA) is 148 Å². The summed E-state index contributed by atoms with van der Waals surface area (Å²) in [5.74, 6) is 2.24. The van der Waals surface area contributed by atoms with Crippen LogP contribution in [0.5, 0.6) is 11.5 Å². The fourth-order valence-corrected chi connectivity index (χ4v) is 6.09. The van der Waals surface area contributed by atoms with Gasteiger partial charge in [0, 0.05) is 26.1 Å². The van der Waals surface area contributed by atoms with Crippen molar-refractivity contribution in [3.63, 3.8) is 0 Å². The summed E-state index contributed by atoms with van der Waals surface area (Å²) in [6.45, 7) is 9.73. The number of anilines is 1. The normalized spacial score (nSPS) is 12.6. The lowest BCUT2D eigenvalue weighted by Gasteiger charge is -2.29. The van der Waals surface area contributed by atoms with Gasteiger partial charge in [0.15, 0.2) is 5.76 Å². The van der Waals surface area contributed by atoms with Crippen LogP contribution in [-0.2, 0) is 10.0 Å². The Balaban J connectivity index is 2.36. The van der Waals surface area contributed by atoms with Crippen molar-refractivity contribution in [3.05, 3.63) is 46.5 Å². The van der Waals surface area contributed by atoms with Gasteiger partial charge in [-0.15, -0.1) is 10.2 Å². The average molecular weight is 548 g/mol. The number of aromatic nitrogens is 3. The molecule has 0 saturated heterocycles. The van der Waals surface area contributed by atoms with Crippen LogP contribution in [0.2, 0.25) is 25.7 Å². The Morgan fingerprint density at radius 3 is 2.32 bits per heavy atom. The minimum Gasteiger partial charge on any atom is -0.494 e. The zero-order valence-electron chi connectivity index (χ0n) is 22.2. The highest BCUT2D eigenvalue weighted by Crippen LogP contribution is 2.39. The van der Waals surface area contributed by atoms with Crippen LogP contribution in [0.4, 0.5) is 5.95 Å². The molecule has 0 bridgehead atoms. The summed E-state index contributed by atoms with van der Waals surface area (Å²) >= 11 is 0. The van der Waals surface area contributed by atoms with Crippen LogP contribution in [0.1, 0.15) is 12.7 Å². The molecule has 0 aliphatic rings. The lowest BCUT2D eigenvalue weighted by molar-refractivity contribution is 0.391. The third-order valence-corrected chi connectivity index (χ3v) is 9.59. The number of benzene rings is 1. The van der Waals surface area contributed by atoms with Crippen molar-refractivity contribution < 1.29 is 22.3 Å². The van der Waals surface area contributed by atoms with Gasteiger partial charge in [0.25, 0.3) is 0 Å². The predicted octanol–water partition coefficient (Wildman–Crippen LogP) is 5.03. The van der Waals surface area contributed by atoms with Crippen LogP contribution in [0.15, 0.2) is 39.9 Å². The number of hydrogen-bond acceptors (Lipinski definition) is 8. The Labute approximate surface area is 217 Å². The predicted molar refractivity (Wildman–Crippen MR) is 145 cm³/mol. The van der Waals surface area contributed by atoms with Crippen molar-refractivity contribution in [2.45, 2.75) is 44.8 Å². The van der Waals surface area contributed by atoms with Crippen molar-refractivity contribution in [1.29, 1.82) is 0 Å². The van der Waals surface area contributed by atoms with Crippen LogP contribution in [-0.4, -0.2) is 63.8 Å². The highest BCUT2D eigenvalue weighted by atomic mass is 32.2. The van der Waals surface area contributed by atoms with Gasteiger partial charge in [0.05, 0.1) is 19.5 Å². The molecule has 0 aliphatic carbocycles. The molecule has 12 nitrogen and oxygen atoms in total. The van der Waals surface area contributed by atoms with Crippen molar-refractivity contribution in [2.24, 2.45) is 5.11 Å². The lowest BCUT2D eigenvalue weighted by atomic mass is 10.2. The molecule has 3 aromatic rings. The second kappa shape index (κ2) is 11.3. The van der Waals surface area contributed by atoms with Gasteiger partial charge in [-0.2, -0.15) is 0 Å². The zero-order valence-corrected chi connectivity index (χ0v) is 24.0. The van der Waals surface area contributed by atoms with Gasteiger partial charge in [0.2, 0.25) is 21.8 Å². The molecule has 2 heterocycles. The van der Waals surface area contributed by atoms with E-state index in [2.05, 4.69) is 39.9 Å². The summed E-state index contributed by atoms with van der Waals surface area (Å²) in [7, 11) is -2.69. The number of nitrogens with zero attached hydrogens (tertiary/aromatic N) is 7. The van der Waals surface area contributed by atoms with E-state index in [1.54, 1.807) is 41.8 Å². The number of azide groups is 1. The standard InChI is InChI=1S/C23H33N7O5SSi/c1-16-11-12-20(35-16)22-26-27-23(30(22)21-18(33-3)9-8-10-19(21)34-4)29(13-14-37(5,6)7)36(31,32)17(2)15-25-28-24/h8-12,17H,13-15H2,1-7H3/t17-/m1/s1. The number of furan rings is 1. The van der Waals surface area contributed by atoms with E-state index >= 15 is 0 Å². The molecule has 14 heteroatoms. The Hall–Kier alpha value is -3.48. The zero-order chi connectivity index (χ0) is 27.4. The third kappa shape index (κ3) is 6.09. The maximum atomic E-state index is 13.9. The number of hydrogen-bond donors (Lipinski definition) is 0. The van der Waals surface area contributed by atoms with Gasteiger partial charge in [-0.3, -0.25) is 4.57 Å². The quantitative estimate of drug-likeness (QED) is 0.134. The Morgan fingerprint density at radius 2 is 1.81 bits per heavy atom. The highest BCUT2D eigenvalue weighted by Gasteiger charge is 2.36. The van der Waals surface area contributed by atoms with Crippen LogP contribution in [0.25, 0.3) is 27.7 Å². The van der Waals surface area contributed by atoms with E-state index in [9.17, 15) is 8.42 Å². The maximum Gasteiger partial charge on any atom is 0.246 e. The Morgan fingerprint density at radius 1 is 1.16 bits per heavy atom. The monoisotopic (exact) mass is 547 g/mol. The molecule has 0 saturated carbocycles. The maximum absolute atomic E-state index is 13.9. The van der Waals surface area contributed by atoms with Crippen molar-refractivity contribution in [3.8, 4) is 28.8 Å². The molecule has 37 heavy (non-hydrogen) atoms. The van der Waals surface area contributed by atoms with E-state index in [1.807, 2.05) is 0 Å². The van der Waals surface area contributed by atoms with Crippen molar-refractivity contribution in [1.82, 2.24) is 14.8 Å². The minimum absolute atomic E-state index is 0.0536. The molecule has 1 aromatic carbocycles. The molecular weight excluding hydrogens is 514 g/mol. The van der Waals surface area contributed by atoms with Crippen LogP contribution >= 0.6 is 0 Å². The SMILES string of the molecule is COc1cccc(OC)c1-n1c(-c2ccc(C)o2)nnc1N(CC[Si](C)(C)C)S(=O)(=O)[C@H](C)CN=[N+]=[N-]. The van der Waals surface area contributed by atoms with Crippen LogP contribution in [0.3, 0.4) is 0 Å². The Bertz CT molecular complexity index is 1370. The number of methoxy groups -OCH3 is 2. The second-order valence-electron chi connectivity index (χ2n) is 9.73. The second-order valence-corrected chi connectivity index (χ2v) is 17.6. The summed E-state index contributed by atoms with van der Waals surface area (Å²) in [4.78, 5) is 2.73. The van der Waals surface area contributed by atoms with Gasteiger partial charge in [-0.25, -0.2) is 12.7 Å².